The van der Waals surface area contributed by atoms with Gasteiger partial charge in [0, 0.05) is 37.6 Å². The molecule has 0 saturated carbocycles. The number of imidazole rings is 1. The van der Waals surface area contributed by atoms with E-state index in [1.807, 2.05) is 6.07 Å². The highest BCUT2D eigenvalue weighted by molar-refractivity contribution is 6.30. The van der Waals surface area contributed by atoms with Crippen molar-refractivity contribution >= 4 is 23.1 Å². The van der Waals surface area contributed by atoms with Crippen LogP contribution in [0.5, 0.6) is 0 Å². The lowest BCUT2D eigenvalue weighted by molar-refractivity contribution is 0.503. The van der Waals surface area contributed by atoms with Gasteiger partial charge in [-0.05, 0) is 18.9 Å². The van der Waals surface area contributed by atoms with E-state index in [4.69, 9.17) is 17.3 Å². The van der Waals surface area contributed by atoms with Gasteiger partial charge in [-0.15, -0.1) is 0 Å². The first-order chi connectivity index (χ1) is 11.6. The number of piperidine rings is 1. The van der Waals surface area contributed by atoms with Gasteiger partial charge in [0.1, 0.15) is 23.0 Å². The Hall–Kier alpha value is -2.25. The Kier molecular flexibility index (Phi) is 3.82. The summed E-state index contributed by atoms with van der Waals surface area (Å²) < 4.78 is 15.3. The number of rotatable bonds is 2. The summed E-state index contributed by atoms with van der Waals surface area (Å²) >= 11 is 5.89. The number of fused-ring (bicyclic) bond motifs is 1. The Morgan fingerprint density at radius 1 is 1.33 bits per heavy atom. The van der Waals surface area contributed by atoms with Crippen molar-refractivity contribution in [2.75, 3.05) is 18.0 Å². The number of halogens is 2. The van der Waals surface area contributed by atoms with Crippen molar-refractivity contribution in [3.05, 3.63) is 41.6 Å². The van der Waals surface area contributed by atoms with Gasteiger partial charge in [-0.2, -0.15) is 0 Å². The van der Waals surface area contributed by atoms with Crippen LogP contribution in [0.4, 0.5) is 10.2 Å². The first kappa shape index (κ1) is 15.3. The second kappa shape index (κ2) is 5.99. The first-order valence-electron chi connectivity index (χ1n) is 7.78. The maximum Gasteiger partial charge on any atom is 0.180 e. The Labute approximate surface area is 143 Å². The van der Waals surface area contributed by atoms with E-state index in [0.29, 0.717) is 17.2 Å². The van der Waals surface area contributed by atoms with Crippen molar-refractivity contribution < 1.29 is 4.39 Å². The summed E-state index contributed by atoms with van der Waals surface area (Å²) in [6, 6.07) is 3.33. The molecule has 1 unspecified atom stereocenters. The van der Waals surface area contributed by atoms with E-state index in [9.17, 15) is 4.39 Å². The molecule has 124 valence electrons. The number of hydrogen-bond acceptors (Lipinski definition) is 5. The molecule has 1 aliphatic rings. The summed E-state index contributed by atoms with van der Waals surface area (Å²) in [6.45, 7) is 1.70. The smallest absolute Gasteiger partial charge is 0.180 e. The minimum atomic E-state index is -0.502. The highest BCUT2D eigenvalue weighted by Crippen LogP contribution is 2.24. The SMILES string of the molecule is NC1CCCN(c2ccnc(-c3cnc4cc(F)c(Cl)cn34)n2)C1. The number of anilines is 1. The lowest BCUT2D eigenvalue weighted by Crippen LogP contribution is -2.43. The summed E-state index contributed by atoms with van der Waals surface area (Å²) in [5.74, 6) is 0.846. The molecular weight excluding hydrogens is 331 g/mol. The van der Waals surface area contributed by atoms with Crippen molar-refractivity contribution in [3.8, 4) is 11.5 Å². The van der Waals surface area contributed by atoms with Gasteiger partial charge < -0.3 is 10.6 Å². The molecule has 2 N–H and O–H groups in total. The van der Waals surface area contributed by atoms with Crippen molar-refractivity contribution in [2.24, 2.45) is 5.73 Å². The van der Waals surface area contributed by atoms with Gasteiger partial charge >= 0.3 is 0 Å². The van der Waals surface area contributed by atoms with Crippen LogP contribution in [0.2, 0.25) is 5.02 Å². The third-order valence-corrected chi connectivity index (χ3v) is 4.48. The largest absolute Gasteiger partial charge is 0.355 e. The van der Waals surface area contributed by atoms with Crippen LogP contribution >= 0.6 is 11.6 Å². The van der Waals surface area contributed by atoms with Crippen LogP contribution < -0.4 is 10.6 Å². The molecule has 3 aromatic rings. The topological polar surface area (TPSA) is 72.3 Å². The van der Waals surface area contributed by atoms with Gasteiger partial charge in [0.15, 0.2) is 5.82 Å². The van der Waals surface area contributed by atoms with Crippen molar-refractivity contribution in [2.45, 2.75) is 18.9 Å². The minimum Gasteiger partial charge on any atom is -0.355 e. The molecule has 0 spiro atoms. The number of nitrogens with two attached hydrogens (primary N) is 1. The van der Waals surface area contributed by atoms with Crippen LogP contribution in [0.15, 0.2) is 30.7 Å². The maximum atomic E-state index is 13.6. The average molecular weight is 347 g/mol. The summed E-state index contributed by atoms with van der Waals surface area (Å²) in [7, 11) is 0. The Bertz CT molecular complexity index is 895. The molecular formula is C16H16ClFN6. The predicted molar refractivity (Wildman–Crippen MR) is 90.6 cm³/mol. The van der Waals surface area contributed by atoms with Crippen LogP contribution in [-0.4, -0.2) is 38.5 Å². The number of aromatic nitrogens is 4. The van der Waals surface area contributed by atoms with E-state index in [0.717, 1.165) is 31.7 Å². The van der Waals surface area contributed by atoms with Crippen LogP contribution in [0.3, 0.4) is 0 Å². The second-order valence-electron chi connectivity index (χ2n) is 5.93. The summed E-state index contributed by atoms with van der Waals surface area (Å²) in [5, 5.41) is 0.0277. The third-order valence-electron chi connectivity index (χ3n) is 4.20. The maximum absolute atomic E-state index is 13.6. The summed E-state index contributed by atoms with van der Waals surface area (Å²) in [5.41, 5.74) is 7.17. The fraction of sp³-hybridized carbons (Fsp3) is 0.312. The molecule has 3 aromatic heterocycles. The molecule has 1 saturated heterocycles. The van der Waals surface area contributed by atoms with Gasteiger partial charge in [-0.1, -0.05) is 11.6 Å². The Balaban J connectivity index is 1.75. The zero-order chi connectivity index (χ0) is 16.7. The molecule has 8 heteroatoms. The van der Waals surface area contributed by atoms with Crippen LogP contribution in [0, 0.1) is 5.82 Å². The molecule has 1 fully saturated rings. The van der Waals surface area contributed by atoms with Gasteiger partial charge in [0.2, 0.25) is 0 Å². The molecule has 1 atom stereocenters. The molecule has 6 nitrogen and oxygen atoms in total. The standard InChI is InChI=1S/C16H16ClFN6/c17-11-9-24-13(7-21-15(24)6-12(11)18)16-20-4-3-14(22-16)23-5-1-2-10(19)8-23/h3-4,6-7,9-10H,1-2,5,8,19H2. The molecule has 0 aliphatic carbocycles. The molecule has 0 amide bonds. The highest BCUT2D eigenvalue weighted by atomic mass is 35.5. The van der Waals surface area contributed by atoms with E-state index in [1.54, 1.807) is 16.8 Å². The van der Waals surface area contributed by atoms with E-state index < -0.39 is 5.82 Å². The highest BCUT2D eigenvalue weighted by Gasteiger charge is 2.19. The third kappa shape index (κ3) is 2.70. The normalized spacial score (nSPS) is 18.3. The van der Waals surface area contributed by atoms with Crippen molar-refractivity contribution in [3.63, 3.8) is 0 Å². The van der Waals surface area contributed by atoms with Crippen LogP contribution in [0.25, 0.3) is 17.2 Å². The lowest BCUT2D eigenvalue weighted by atomic mass is 10.1. The van der Waals surface area contributed by atoms with Crippen molar-refractivity contribution in [1.29, 1.82) is 0 Å². The molecule has 1 aliphatic heterocycles. The van der Waals surface area contributed by atoms with Gasteiger partial charge in [0.05, 0.1) is 11.2 Å². The van der Waals surface area contributed by atoms with Crippen molar-refractivity contribution in [1.82, 2.24) is 19.4 Å². The minimum absolute atomic E-state index is 0.0277. The van der Waals surface area contributed by atoms with E-state index >= 15 is 0 Å². The van der Waals surface area contributed by atoms with E-state index in [2.05, 4.69) is 19.9 Å². The quantitative estimate of drug-likeness (QED) is 0.772. The zero-order valence-corrected chi connectivity index (χ0v) is 13.6. The Morgan fingerprint density at radius 3 is 3.04 bits per heavy atom. The lowest BCUT2D eigenvalue weighted by Gasteiger charge is -2.31. The predicted octanol–water partition coefficient (Wildman–Crippen LogP) is 2.51. The molecule has 4 rings (SSSR count). The van der Waals surface area contributed by atoms with Gasteiger partial charge in [-0.25, -0.2) is 19.3 Å². The fourth-order valence-electron chi connectivity index (χ4n) is 3.01. The van der Waals surface area contributed by atoms with E-state index in [1.165, 1.54) is 12.3 Å². The molecule has 0 radical (unpaired) electrons. The summed E-state index contributed by atoms with van der Waals surface area (Å²) in [6.07, 6.45) is 6.90. The number of nitrogens with zero attached hydrogens (tertiary/aromatic N) is 5. The zero-order valence-electron chi connectivity index (χ0n) is 12.9. The van der Waals surface area contributed by atoms with Gasteiger partial charge in [-0.3, -0.25) is 4.40 Å². The van der Waals surface area contributed by atoms with Crippen LogP contribution in [-0.2, 0) is 0 Å². The molecule has 0 bridgehead atoms. The number of pyridine rings is 1. The monoisotopic (exact) mass is 346 g/mol. The fourth-order valence-corrected chi connectivity index (χ4v) is 3.16. The molecule has 24 heavy (non-hydrogen) atoms. The number of hydrogen-bond donors (Lipinski definition) is 1. The first-order valence-corrected chi connectivity index (χ1v) is 8.15. The summed E-state index contributed by atoms with van der Waals surface area (Å²) in [4.78, 5) is 15.3. The van der Waals surface area contributed by atoms with Gasteiger partial charge in [0.25, 0.3) is 0 Å². The van der Waals surface area contributed by atoms with Crippen LogP contribution in [0.1, 0.15) is 12.8 Å². The average Bonchev–Trinajstić information content (AvgIpc) is 2.98. The molecule has 4 heterocycles. The second-order valence-corrected chi connectivity index (χ2v) is 6.33. The Morgan fingerprint density at radius 2 is 2.21 bits per heavy atom. The van der Waals surface area contributed by atoms with E-state index in [-0.39, 0.29) is 11.1 Å². The molecule has 0 aromatic carbocycles.